The zero-order valence-corrected chi connectivity index (χ0v) is 18.0. The summed E-state index contributed by atoms with van der Waals surface area (Å²) in [4.78, 5) is 6.71. The lowest BCUT2D eigenvalue weighted by atomic mass is 10.2. The van der Waals surface area contributed by atoms with Gasteiger partial charge in [-0.3, -0.25) is 4.90 Å². The van der Waals surface area contributed by atoms with Crippen molar-refractivity contribution in [3.63, 3.8) is 0 Å². The zero-order valence-electron chi connectivity index (χ0n) is 17.2. The van der Waals surface area contributed by atoms with Crippen molar-refractivity contribution in [2.24, 2.45) is 5.92 Å². The van der Waals surface area contributed by atoms with Gasteiger partial charge in [0.1, 0.15) is 0 Å². The van der Waals surface area contributed by atoms with E-state index in [0.29, 0.717) is 19.0 Å². The third kappa shape index (κ3) is 5.27. The van der Waals surface area contributed by atoms with Gasteiger partial charge in [0.25, 0.3) is 0 Å². The van der Waals surface area contributed by atoms with Crippen LogP contribution in [0.1, 0.15) is 43.9 Å². The summed E-state index contributed by atoms with van der Waals surface area (Å²) in [5, 5.41) is 0.227. The molecule has 1 saturated carbocycles. The summed E-state index contributed by atoms with van der Waals surface area (Å²) in [6.07, 6.45) is 5.86. The first-order valence-corrected chi connectivity index (χ1v) is 12.4. The first-order chi connectivity index (χ1) is 14.0. The highest BCUT2D eigenvalue weighted by molar-refractivity contribution is 7.91. The molecule has 0 bridgehead atoms. The second-order valence-corrected chi connectivity index (χ2v) is 10.2. The Hall–Kier alpha value is -1.70. The quantitative estimate of drug-likeness (QED) is 0.594. The predicted molar refractivity (Wildman–Crippen MR) is 112 cm³/mol. The minimum atomic E-state index is -3.37. The molecule has 1 aliphatic heterocycles. The Bertz CT molecular complexity index is 901. The van der Waals surface area contributed by atoms with Crippen molar-refractivity contribution in [1.29, 1.82) is 0 Å². The van der Waals surface area contributed by atoms with Crippen LogP contribution in [0.2, 0.25) is 0 Å². The van der Waals surface area contributed by atoms with E-state index in [0.717, 1.165) is 51.1 Å². The Morgan fingerprint density at radius 3 is 2.62 bits per heavy atom. The Balaban J connectivity index is 1.57. The molecule has 1 saturated heterocycles. The number of hydrogen-bond donors (Lipinski definition) is 0. The second kappa shape index (κ2) is 8.98. The van der Waals surface area contributed by atoms with Gasteiger partial charge >= 0.3 is 0 Å². The first kappa shape index (κ1) is 20.6. The summed E-state index contributed by atoms with van der Waals surface area (Å²) in [6.45, 7) is 5.83. The van der Waals surface area contributed by atoms with Gasteiger partial charge in [-0.15, -0.1) is 0 Å². The number of benzene rings is 1. The monoisotopic (exact) mass is 417 g/mol. The number of sulfone groups is 1. The Kier molecular flexibility index (Phi) is 6.37. The van der Waals surface area contributed by atoms with Gasteiger partial charge in [-0.1, -0.05) is 37.3 Å². The summed E-state index contributed by atoms with van der Waals surface area (Å²) in [6, 6.07) is 10.4. The molecule has 1 aromatic carbocycles. The maximum atomic E-state index is 13.0. The van der Waals surface area contributed by atoms with Crippen molar-refractivity contribution >= 4 is 9.84 Å². The molecule has 1 aliphatic carbocycles. The molecule has 1 atom stereocenters. The molecule has 0 unspecified atom stereocenters. The lowest BCUT2D eigenvalue weighted by Gasteiger charge is -2.22. The Morgan fingerprint density at radius 1 is 1.17 bits per heavy atom. The van der Waals surface area contributed by atoms with E-state index in [1.54, 1.807) is 6.20 Å². The van der Waals surface area contributed by atoms with E-state index < -0.39 is 9.84 Å². The minimum Gasteiger partial charge on any atom is -0.376 e. The lowest BCUT2D eigenvalue weighted by Crippen LogP contribution is -2.27. The highest BCUT2D eigenvalue weighted by atomic mass is 32.2. The van der Waals surface area contributed by atoms with Crippen LogP contribution in [0.15, 0.2) is 41.7 Å². The number of imidazole rings is 1. The lowest BCUT2D eigenvalue weighted by molar-refractivity contribution is 0.0932. The molecule has 1 aromatic heterocycles. The number of ether oxygens (including phenoxy) is 1. The molecule has 0 amide bonds. The number of rotatable bonds is 10. The number of nitrogens with zero attached hydrogens (tertiary/aromatic N) is 3. The standard InChI is InChI=1S/C22H31N3O3S/c1-2-24(14-18-7-4-3-5-8-18)15-20-13-23-22(29(26,27)17-19-10-11-19)25(20)16-21-9-6-12-28-21/h3-5,7-8,13,19,21H,2,6,9-12,14-17H2,1H3/t21-/m0/s1. The fourth-order valence-electron chi connectivity index (χ4n) is 3.97. The summed E-state index contributed by atoms with van der Waals surface area (Å²) >= 11 is 0. The van der Waals surface area contributed by atoms with Crippen molar-refractivity contribution in [3.05, 3.63) is 47.8 Å². The van der Waals surface area contributed by atoms with Crippen molar-refractivity contribution in [1.82, 2.24) is 14.5 Å². The van der Waals surface area contributed by atoms with E-state index >= 15 is 0 Å². The predicted octanol–water partition coefficient (Wildman–Crippen LogP) is 3.27. The van der Waals surface area contributed by atoms with Gasteiger partial charge in [0, 0.05) is 19.7 Å². The summed E-state index contributed by atoms with van der Waals surface area (Å²) in [5.74, 6) is 0.526. The van der Waals surface area contributed by atoms with E-state index in [9.17, 15) is 8.42 Å². The summed E-state index contributed by atoms with van der Waals surface area (Å²) in [5.41, 5.74) is 2.20. The number of hydrogen-bond acceptors (Lipinski definition) is 5. The maximum absolute atomic E-state index is 13.0. The van der Waals surface area contributed by atoms with Crippen molar-refractivity contribution < 1.29 is 13.2 Å². The third-order valence-corrected chi connectivity index (χ3v) is 7.62. The van der Waals surface area contributed by atoms with Crippen LogP contribution in [0.4, 0.5) is 0 Å². The van der Waals surface area contributed by atoms with E-state index in [1.807, 2.05) is 22.8 Å². The fourth-order valence-corrected chi connectivity index (χ4v) is 5.82. The van der Waals surface area contributed by atoms with E-state index in [-0.39, 0.29) is 17.0 Å². The zero-order chi connectivity index (χ0) is 20.3. The molecule has 2 fully saturated rings. The largest absolute Gasteiger partial charge is 0.376 e. The van der Waals surface area contributed by atoms with Gasteiger partial charge in [-0.25, -0.2) is 13.4 Å². The van der Waals surface area contributed by atoms with E-state index in [1.165, 1.54) is 5.56 Å². The molecule has 2 heterocycles. The SMILES string of the molecule is CCN(Cc1ccccc1)Cc1cnc(S(=O)(=O)CC2CC2)n1C[C@@H]1CCCO1. The molecule has 7 heteroatoms. The van der Waals surface area contributed by atoms with Gasteiger partial charge in [0.15, 0.2) is 0 Å². The fraction of sp³-hybridized carbons (Fsp3) is 0.591. The van der Waals surface area contributed by atoms with Crippen LogP contribution in [0.5, 0.6) is 0 Å². The van der Waals surface area contributed by atoms with E-state index in [2.05, 4.69) is 28.9 Å². The molecular formula is C22H31N3O3S. The van der Waals surface area contributed by atoms with Crippen LogP contribution < -0.4 is 0 Å². The van der Waals surface area contributed by atoms with Gasteiger partial charge < -0.3 is 9.30 Å². The van der Waals surface area contributed by atoms with Crippen LogP contribution in [-0.4, -0.2) is 47.9 Å². The maximum Gasteiger partial charge on any atom is 0.227 e. The smallest absolute Gasteiger partial charge is 0.227 e. The highest BCUT2D eigenvalue weighted by Gasteiger charge is 2.33. The minimum absolute atomic E-state index is 0.0713. The molecule has 2 aliphatic rings. The van der Waals surface area contributed by atoms with Crippen LogP contribution in [0.3, 0.4) is 0 Å². The van der Waals surface area contributed by atoms with E-state index in [4.69, 9.17) is 4.74 Å². The molecule has 0 N–H and O–H groups in total. The second-order valence-electron chi connectivity index (χ2n) is 8.29. The normalized spacial score (nSPS) is 19.9. The molecule has 6 nitrogen and oxygen atoms in total. The van der Waals surface area contributed by atoms with Gasteiger partial charge in [-0.05, 0) is 43.7 Å². The molecule has 29 heavy (non-hydrogen) atoms. The van der Waals surface area contributed by atoms with Gasteiger partial charge in [0.2, 0.25) is 15.0 Å². The van der Waals surface area contributed by atoms with Crippen LogP contribution >= 0.6 is 0 Å². The highest BCUT2D eigenvalue weighted by Crippen LogP contribution is 2.32. The molecule has 0 radical (unpaired) electrons. The molecule has 0 spiro atoms. The summed E-state index contributed by atoms with van der Waals surface area (Å²) < 4.78 is 33.7. The third-order valence-electron chi connectivity index (χ3n) is 5.82. The van der Waals surface area contributed by atoms with Crippen molar-refractivity contribution in [3.8, 4) is 0 Å². The molecule has 4 rings (SSSR count). The van der Waals surface area contributed by atoms with Gasteiger partial charge in [-0.2, -0.15) is 0 Å². The summed E-state index contributed by atoms with van der Waals surface area (Å²) in [7, 11) is -3.37. The number of aromatic nitrogens is 2. The van der Waals surface area contributed by atoms with Crippen molar-refractivity contribution in [2.75, 3.05) is 18.9 Å². The first-order valence-electron chi connectivity index (χ1n) is 10.7. The Morgan fingerprint density at radius 2 is 1.97 bits per heavy atom. The van der Waals surface area contributed by atoms with Gasteiger partial charge in [0.05, 0.1) is 30.3 Å². The topological polar surface area (TPSA) is 64.4 Å². The molecule has 2 aromatic rings. The van der Waals surface area contributed by atoms with Crippen LogP contribution in [0.25, 0.3) is 0 Å². The Labute approximate surface area is 173 Å². The average molecular weight is 418 g/mol. The molecule has 158 valence electrons. The average Bonchev–Trinajstić information content (AvgIpc) is 3.19. The molecular weight excluding hydrogens is 386 g/mol. The van der Waals surface area contributed by atoms with Crippen LogP contribution in [0, 0.1) is 5.92 Å². The van der Waals surface area contributed by atoms with Crippen LogP contribution in [-0.2, 0) is 34.2 Å². The van der Waals surface area contributed by atoms with Crippen molar-refractivity contribution in [2.45, 2.75) is 63.5 Å².